The first-order valence-electron chi connectivity index (χ1n) is 10.9. The van der Waals surface area contributed by atoms with Gasteiger partial charge in [0, 0.05) is 26.2 Å². The van der Waals surface area contributed by atoms with Gasteiger partial charge in [0.1, 0.15) is 5.52 Å². The molecule has 156 valence electrons. The van der Waals surface area contributed by atoms with Gasteiger partial charge in [-0.15, -0.1) is 5.10 Å². The smallest absolute Gasteiger partial charge is 0.113 e. The quantitative estimate of drug-likeness (QED) is 0.343. The van der Waals surface area contributed by atoms with E-state index in [1.165, 1.54) is 55.9 Å². The second-order valence-corrected chi connectivity index (χ2v) is 8.46. The number of piperazine rings is 3. The van der Waals surface area contributed by atoms with Crippen molar-refractivity contribution in [1.29, 1.82) is 0 Å². The third-order valence-corrected chi connectivity index (χ3v) is 6.55. The van der Waals surface area contributed by atoms with Gasteiger partial charge in [-0.3, -0.25) is 10.00 Å². The summed E-state index contributed by atoms with van der Waals surface area (Å²) in [6, 6.07) is 14.0. The van der Waals surface area contributed by atoms with Crippen molar-refractivity contribution < 1.29 is 4.48 Å². The zero-order chi connectivity index (χ0) is 20.2. The van der Waals surface area contributed by atoms with Crippen LogP contribution in [-0.4, -0.2) is 83.7 Å². The number of nitrogens with zero attached hydrogens (tertiary/aromatic N) is 6. The maximum atomic E-state index is 4.34. The van der Waals surface area contributed by atoms with Crippen LogP contribution in [0.25, 0.3) is 11.0 Å². The number of H-pyrrole nitrogens is 1. The molecule has 2 aromatic carbocycles. The Labute approximate surface area is 176 Å². The minimum atomic E-state index is 0.781. The molecule has 30 heavy (non-hydrogen) atoms. The standard InChI is InChI=1S/C22H29N8/c1-3-19(24-25-20-5-6-21-22(17-20)27-28-26-21)4-2-18(1)7-8-23-9-13-30-14-10-29(11-15-30)12-16-30/h1-6,17,23H,7-16H2,(H,26,27,28)/q+1. The van der Waals surface area contributed by atoms with Gasteiger partial charge in [-0.05, 0) is 48.9 Å². The van der Waals surface area contributed by atoms with Crippen molar-refractivity contribution in [2.75, 3.05) is 58.9 Å². The van der Waals surface area contributed by atoms with E-state index in [0.29, 0.717) is 0 Å². The fraction of sp³-hybridized carbons (Fsp3) is 0.455. The van der Waals surface area contributed by atoms with Gasteiger partial charge in [0.2, 0.25) is 0 Å². The third kappa shape index (κ3) is 4.40. The van der Waals surface area contributed by atoms with Gasteiger partial charge in [0.15, 0.2) is 0 Å². The van der Waals surface area contributed by atoms with Gasteiger partial charge >= 0.3 is 0 Å². The van der Waals surface area contributed by atoms with E-state index < -0.39 is 0 Å². The monoisotopic (exact) mass is 405 g/mol. The Morgan fingerprint density at radius 1 is 0.933 bits per heavy atom. The van der Waals surface area contributed by atoms with E-state index in [-0.39, 0.29) is 0 Å². The summed E-state index contributed by atoms with van der Waals surface area (Å²) in [5.41, 5.74) is 4.65. The molecule has 2 bridgehead atoms. The van der Waals surface area contributed by atoms with Crippen LogP contribution in [0, 0.1) is 0 Å². The van der Waals surface area contributed by atoms with E-state index in [0.717, 1.165) is 41.9 Å². The highest BCUT2D eigenvalue weighted by molar-refractivity contribution is 5.76. The van der Waals surface area contributed by atoms with E-state index in [9.17, 15) is 0 Å². The summed E-state index contributed by atoms with van der Waals surface area (Å²) in [4.78, 5) is 2.60. The van der Waals surface area contributed by atoms with E-state index in [1.807, 2.05) is 30.3 Å². The molecule has 3 aliphatic heterocycles. The molecule has 3 aromatic rings. The Morgan fingerprint density at radius 3 is 2.47 bits per heavy atom. The van der Waals surface area contributed by atoms with Crippen LogP contribution < -0.4 is 5.32 Å². The third-order valence-electron chi connectivity index (χ3n) is 6.55. The molecule has 0 unspecified atom stereocenters. The van der Waals surface area contributed by atoms with Gasteiger partial charge in [-0.25, -0.2) is 0 Å². The number of azo groups is 1. The number of aromatic nitrogens is 3. The predicted molar refractivity (Wildman–Crippen MR) is 117 cm³/mol. The number of aromatic amines is 1. The molecule has 4 heterocycles. The molecule has 0 aliphatic carbocycles. The van der Waals surface area contributed by atoms with Crippen molar-refractivity contribution in [3.63, 3.8) is 0 Å². The fourth-order valence-electron chi connectivity index (χ4n) is 4.48. The van der Waals surface area contributed by atoms with Gasteiger partial charge in [-0.2, -0.15) is 10.2 Å². The van der Waals surface area contributed by atoms with Crippen molar-refractivity contribution in [3.8, 4) is 0 Å². The molecule has 8 heteroatoms. The van der Waals surface area contributed by atoms with Crippen LogP contribution in [0.1, 0.15) is 5.56 Å². The van der Waals surface area contributed by atoms with Gasteiger partial charge in [0.05, 0.1) is 43.1 Å². The van der Waals surface area contributed by atoms with Crippen molar-refractivity contribution in [2.24, 2.45) is 10.2 Å². The maximum absolute atomic E-state index is 4.34. The normalized spacial score (nSPS) is 23.5. The summed E-state index contributed by atoms with van der Waals surface area (Å²) in [6.45, 7) is 11.3. The SMILES string of the molecule is c1cc(N=Nc2ccc3nn[nH]c3c2)ccc1CCNCC[N+]12CCN(CC1)CC2. The Hall–Kier alpha value is -2.68. The van der Waals surface area contributed by atoms with Crippen LogP contribution in [0.4, 0.5) is 11.4 Å². The highest BCUT2D eigenvalue weighted by atomic mass is 15.5. The van der Waals surface area contributed by atoms with Crippen LogP contribution in [0.5, 0.6) is 0 Å². The molecular formula is C22H29N8+. The second kappa shape index (κ2) is 8.59. The maximum Gasteiger partial charge on any atom is 0.113 e. The van der Waals surface area contributed by atoms with E-state index in [1.54, 1.807) is 0 Å². The average Bonchev–Trinajstić information content (AvgIpc) is 3.27. The molecule has 0 saturated carbocycles. The number of benzene rings is 2. The lowest BCUT2D eigenvalue weighted by atomic mass is 10.1. The predicted octanol–water partition coefficient (Wildman–Crippen LogP) is 2.65. The molecule has 3 aliphatic rings. The molecule has 0 amide bonds. The molecule has 0 spiro atoms. The highest BCUT2D eigenvalue weighted by Crippen LogP contribution is 2.22. The largest absolute Gasteiger partial charge is 0.319 e. The molecule has 3 fully saturated rings. The highest BCUT2D eigenvalue weighted by Gasteiger charge is 2.37. The number of rotatable bonds is 8. The van der Waals surface area contributed by atoms with Crippen LogP contribution in [0.3, 0.4) is 0 Å². The van der Waals surface area contributed by atoms with Gasteiger partial charge in [-0.1, -0.05) is 17.3 Å². The van der Waals surface area contributed by atoms with E-state index in [4.69, 9.17) is 0 Å². The Bertz CT molecular complexity index is 988. The van der Waals surface area contributed by atoms with E-state index in [2.05, 4.69) is 48.0 Å². The van der Waals surface area contributed by atoms with Crippen LogP contribution in [-0.2, 0) is 6.42 Å². The van der Waals surface area contributed by atoms with Crippen molar-refractivity contribution >= 4 is 22.4 Å². The summed E-state index contributed by atoms with van der Waals surface area (Å²) in [5, 5.41) is 22.9. The molecular weight excluding hydrogens is 376 g/mol. The molecule has 3 saturated heterocycles. The van der Waals surface area contributed by atoms with Crippen molar-refractivity contribution in [3.05, 3.63) is 48.0 Å². The van der Waals surface area contributed by atoms with Crippen LogP contribution >= 0.6 is 0 Å². The molecule has 1 aromatic heterocycles. The minimum Gasteiger partial charge on any atom is -0.319 e. The topological polar surface area (TPSA) is 81.6 Å². The summed E-state index contributed by atoms with van der Waals surface area (Å²) in [5.74, 6) is 0. The fourth-order valence-corrected chi connectivity index (χ4v) is 4.48. The second-order valence-electron chi connectivity index (χ2n) is 8.46. The number of quaternary nitrogens is 1. The molecule has 0 atom stereocenters. The summed E-state index contributed by atoms with van der Waals surface area (Å²) in [6.07, 6.45) is 1.04. The Balaban J connectivity index is 1.07. The minimum absolute atomic E-state index is 0.781. The number of fused-ring (bicyclic) bond motifs is 4. The first kappa shape index (κ1) is 19.3. The first-order chi connectivity index (χ1) is 14.8. The lowest BCUT2D eigenvalue weighted by Crippen LogP contribution is -2.68. The van der Waals surface area contributed by atoms with E-state index >= 15 is 0 Å². The number of hydrogen-bond donors (Lipinski definition) is 2. The summed E-state index contributed by atoms with van der Waals surface area (Å²) < 4.78 is 1.33. The molecule has 6 rings (SSSR count). The Kier molecular flexibility index (Phi) is 5.52. The summed E-state index contributed by atoms with van der Waals surface area (Å²) >= 11 is 0. The lowest BCUT2D eigenvalue weighted by Gasteiger charge is -2.50. The average molecular weight is 406 g/mol. The molecule has 0 radical (unpaired) electrons. The van der Waals surface area contributed by atoms with Crippen LogP contribution in [0.15, 0.2) is 52.7 Å². The van der Waals surface area contributed by atoms with Gasteiger partial charge in [0.25, 0.3) is 0 Å². The lowest BCUT2D eigenvalue weighted by molar-refractivity contribution is -0.939. The van der Waals surface area contributed by atoms with Crippen molar-refractivity contribution in [2.45, 2.75) is 6.42 Å². The zero-order valence-corrected chi connectivity index (χ0v) is 17.3. The number of hydrogen-bond acceptors (Lipinski definition) is 6. The van der Waals surface area contributed by atoms with Crippen LogP contribution in [0.2, 0.25) is 0 Å². The Morgan fingerprint density at radius 2 is 1.67 bits per heavy atom. The zero-order valence-electron chi connectivity index (χ0n) is 17.3. The van der Waals surface area contributed by atoms with Crippen molar-refractivity contribution in [1.82, 2.24) is 25.6 Å². The molecule has 2 N–H and O–H groups in total. The first-order valence-corrected chi connectivity index (χ1v) is 10.9. The number of nitrogens with one attached hydrogen (secondary N) is 2. The summed E-state index contributed by atoms with van der Waals surface area (Å²) in [7, 11) is 0. The molecule has 8 nitrogen and oxygen atoms in total. The van der Waals surface area contributed by atoms with Gasteiger partial charge < -0.3 is 9.80 Å².